The topological polar surface area (TPSA) is 71.8 Å². The van der Waals surface area contributed by atoms with Gasteiger partial charge < -0.3 is 19.4 Å². The molecule has 0 radical (unpaired) electrons. The maximum atomic E-state index is 12.1. The Morgan fingerprint density at radius 1 is 1.42 bits per heavy atom. The van der Waals surface area contributed by atoms with E-state index in [2.05, 4.69) is 29.3 Å². The van der Waals surface area contributed by atoms with E-state index in [9.17, 15) is 9.59 Å². The van der Waals surface area contributed by atoms with E-state index in [4.69, 9.17) is 9.15 Å². The van der Waals surface area contributed by atoms with Crippen LogP contribution in [0.15, 0.2) is 45.8 Å². The number of ether oxygens (including phenoxy) is 1. The van der Waals surface area contributed by atoms with Crippen LogP contribution in [0.2, 0.25) is 0 Å². The van der Waals surface area contributed by atoms with Gasteiger partial charge in [-0.15, -0.1) is 0 Å². The lowest BCUT2D eigenvalue weighted by atomic mass is 10.1. The zero-order valence-corrected chi connectivity index (χ0v) is 13.7. The molecule has 1 N–H and O–H groups in total. The van der Waals surface area contributed by atoms with Crippen LogP contribution in [0.4, 0.5) is 5.69 Å². The van der Waals surface area contributed by atoms with Crippen molar-refractivity contribution in [3.05, 3.63) is 58.1 Å². The molecule has 0 saturated heterocycles. The van der Waals surface area contributed by atoms with Crippen LogP contribution in [0, 0.1) is 0 Å². The fraction of sp³-hybridized carbons (Fsp3) is 0.333. The third kappa shape index (κ3) is 3.27. The third-order valence-corrected chi connectivity index (χ3v) is 4.16. The van der Waals surface area contributed by atoms with E-state index < -0.39 is 0 Å². The molecule has 1 aromatic heterocycles. The van der Waals surface area contributed by atoms with Crippen LogP contribution in [0.3, 0.4) is 0 Å². The van der Waals surface area contributed by atoms with Gasteiger partial charge in [-0.25, -0.2) is 0 Å². The van der Waals surface area contributed by atoms with Gasteiger partial charge in [0.15, 0.2) is 6.61 Å². The van der Waals surface area contributed by atoms with E-state index in [1.165, 1.54) is 30.6 Å². The fourth-order valence-electron chi connectivity index (χ4n) is 2.88. The van der Waals surface area contributed by atoms with E-state index in [0.29, 0.717) is 18.3 Å². The van der Waals surface area contributed by atoms with E-state index in [1.54, 1.807) is 0 Å². The standard InChI is InChI=1S/C18H20N2O4/c1-12-7-13-5-3-4-6-15(13)20(12)9-14-8-16(21)17(10-23-14)24-11-18(22)19-2/h3-6,8,10,12H,7,9,11H2,1-2H3,(H,19,22). The lowest BCUT2D eigenvalue weighted by molar-refractivity contribution is -0.122. The molecule has 6 heteroatoms. The zero-order chi connectivity index (χ0) is 17.1. The average molecular weight is 328 g/mol. The van der Waals surface area contributed by atoms with Crippen LogP contribution >= 0.6 is 0 Å². The maximum absolute atomic E-state index is 12.1. The summed E-state index contributed by atoms with van der Waals surface area (Å²) < 4.78 is 10.7. The molecule has 24 heavy (non-hydrogen) atoms. The van der Waals surface area contributed by atoms with Gasteiger partial charge in [0.2, 0.25) is 11.2 Å². The van der Waals surface area contributed by atoms with Crippen molar-refractivity contribution in [2.45, 2.75) is 25.9 Å². The predicted octanol–water partition coefficient (Wildman–Crippen LogP) is 1.72. The van der Waals surface area contributed by atoms with E-state index in [-0.39, 0.29) is 23.7 Å². The number of para-hydroxylation sites is 1. The van der Waals surface area contributed by atoms with Crippen molar-refractivity contribution < 1.29 is 13.9 Å². The smallest absolute Gasteiger partial charge is 0.257 e. The normalized spacial score (nSPS) is 15.9. The number of nitrogens with one attached hydrogen (secondary N) is 1. The molecule has 6 nitrogen and oxygen atoms in total. The molecular formula is C18H20N2O4. The summed E-state index contributed by atoms with van der Waals surface area (Å²) in [5.41, 5.74) is 2.19. The number of rotatable bonds is 5. The summed E-state index contributed by atoms with van der Waals surface area (Å²) in [4.78, 5) is 25.5. The zero-order valence-electron chi connectivity index (χ0n) is 13.7. The molecule has 2 aromatic rings. The van der Waals surface area contributed by atoms with Crippen LogP contribution in [0.1, 0.15) is 18.2 Å². The lowest BCUT2D eigenvalue weighted by Crippen LogP contribution is -2.29. The Bertz CT molecular complexity index is 800. The highest BCUT2D eigenvalue weighted by molar-refractivity contribution is 5.77. The first-order valence-electron chi connectivity index (χ1n) is 7.88. The van der Waals surface area contributed by atoms with Crippen molar-refractivity contribution in [2.24, 2.45) is 0 Å². The monoisotopic (exact) mass is 328 g/mol. The second kappa shape index (κ2) is 6.78. The number of carbonyl (C=O) groups is 1. The summed E-state index contributed by atoms with van der Waals surface area (Å²) in [5, 5.41) is 2.43. The molecular weight excluding hydrogens is 308 g/mol. The van der Waals surface area contributed by atoms with Crippen molar-refractivity contribution >= 4 is 11.6 Å². The average Bonchev–Trinajstić information content (AvgIpc) is 2.89. The Morgan fingerprint density at radius 2 is 2.21 bits per heavy atom. The molecule has 1 unspecified atom stereocenters. The number of carbonyl (C=O) groups excluding carboxylic acids is 1. The minimum absolute atomic E-state index is 0.0391. The molecule has 126 valence electrons. The Labute approximate surface area is 140 Å². The molecule has 0 bridgehead atoms. The first-order valence-corrected chi connectivity index (χ1v) is 7.88. The quantitative estimate of drug-likeness (QED) is 0.905. The molecule has 2 heterocycles. The largest absolute Gasteiger partial charge is 0.477 e. The lowest BCUT2D eigenvalue weighted by Gasteiger charge is -2.24. The molecule has 1 amide bonds. The van der Waals surface area contributed by atoms with Gasteiger partial charge in [-0.3, -0.25) is 9.59 Å². The van der Waals surface area contributed by atoms with E-state index in [1.807, 2.05) is 12.1 Å². The van der Waals surface area contributed by atoms with Crippen molar-refractivity contribution in [1.29, 1.82) is 0 Å². The summed E-state index contributed by atoms with van der Waals surface area (Å²) in [6.45, 7) is 2.46. The van der Waals surface area contributed by atoms with E-state index >= 15 is 0 Å². The van der Waals surface area contributed by atoms with Gasteiger partial charge in [-0.1, -0.05) is 18.2 Å². The third-order valence-electron chi connectivity index (χ3n) is 4.16. The molecule has 0 fully saturated rings. The number of anilines is 1. The highest BCUT2D eigenvalue weighted by Crippen LogP contribution is 2.32. The Hall–Kier alpha value is -2.76. The van der Waals surface area contributed by atoms with Gasteiger partial charge >= 0.3 is 0 Å². The minimum atomic E-state index is -0.305. The number of fused-ring (bicyclic) bond motifs is 1. The maximum Gasteiger partial charge on any atom is 0.257 e. The van der Waals surface area contributed by atoms with Crippen molar-refractivity contribution in [2.75, 3.05) is 18.6 Å². The molecule has 1 atom stereocenters. The fourth-order valence-corrected chi connectivity index (χ4v) is 2.88. The molecule has 0 spiro atoms. The Morgan fingerprint density at radius 3 is 2.96 bits per heavy atom. The van der Waals surface area contributed by atoms with Gasteiger partial charge in [-0.2, -0.15) is 0 Å². The molecule has 1 aromatic carbocycles. The molecule has 0 aliphatic carbocycles. The van der Waals surface area contributed by atoms with E-state index in [0.717, 1.165) is 6.42 Å². The number of benzene rings is 1. The van der Waals surface area contributed by atoms with Crippen molar-refractivity contribution in [3.8, 4) is 5.75 Å². The second-order valence-corrected chi connectivity index (χ2v) is 5.85. The summed E-state index contributed by atoms with van der Waals surface area (Å²) in [5.74, 6) is 0.300. The van der Waals surface area contributed by atoms with Crippen LogP contribution in [0.5, 0.6) is 5.75 Å². The number of amides is 1. The molecule has 3 rings (SSSR count). The van der Waals surface area contributed by atoms with Crippen LogP contribution in [0.25, 0.3) is 0 Å². The number of nitrogens with zero attached hydrogens (tertiary/aromatic N) is 1. The predicted molar refractivity (Wildman–Crippen MR) is 90.3 cm³/mol. The van der Waals surface area contributed by atoms with Crippen LogP contribution in [-0.2, 0) is 17.8 Å². The second-order valence-electron chi connectivity index (χ2n) is 5.85. The summed E-state index contributed by atoms with van der Waals surface area (Å²) in [6.07, 6.45) is 2.25. The van der Waals surface area contributed by atoms with Crippen LogP contribution in [-0.4, -0.2) is 25.6 Å². The van der Waals surface area contributed by atoms with Gasteiger partial charge in [0.25, 0.3) is 5.91 Å². The summed E-state index contributed by atoms with van der Waals surface area (Å²) in [6, 6.07) is 10.0. The molecule has 1 aliphatic heterocycles. The first-order chi connectivity index (χ1) is 11.6. The molecule has 0 saturated carbocycles. The van der Waals surface area contributed by atoms with Gasteiger partial charge in [0.1, 0.15) is 12.0 Å². The Kier molecular flexibility index (Phi) is 4.55. The first kappa shape index (κ1) is 16.1. The number of hydrogen-bond acceptors (Lipinski definition) is 5. The highest BCUT2D eigenvalue weighted by Gasteiger charge is 2.26. The minimum Gasteiger partial charge on any atom is -0.477 e. The molecule has 1 aliphatic rings. The number of likely N-dealkylation sites (N-methyl/N-ethyl adjacent to an activating group) is 1. The van der Waals surface area contributed by atoms with Crippen molar-refractivity contribution in [3.63, 3.8) is 0 Å². The summed E-state index contributed by atoms with van der Waals surface area (Å²) in [7, 11) is 1.51. The number of hydrogen-bond donors (Lipinski definition) is 1. The van der Waals surface area contributed by atoms with Crippen LogP contribution < -0.4 is 20.4 Å². The van der Waals surface area contributed by atoms with Gasteiger partial charge in [0.05, 0.1) is 6.54 Å². The highest BCUT2D eigenvalue weighted by atomic mass is 16.5. The van der Waals surface area contributed by atoms with Gasteiger partial charge in [-0.05, 0) is 25.0 Å². The SMILES string of the molecule is CNC(=O)COc1coc(CN2c3ccccc3CC2C)cc1=O. The van der Waals surface area contributed by atoms with Gasteiger partial charge in [0, 0.05) is 24.8 Å². The van der Waals surface area contributed by atoms with Crippen molar-refractivity contribution in [1.82, 2.24) is 5.32 Å². The summed E-state index contributed by atoms with van der Waals surface area (Å²) >= 11 is 0. The Balaban J connectivity index is 1.74.